The van der Waals surface area contributed by atoms with Crippen molar-refractivity contribution in [3.63, 3.8) is 0 Å². The quantitative estimate of drug-likeness (QED) is 0.319. The van der Waals surface area contributed by atoms with Crippen LogP contribution in [0.15, 0.2) is 47.6 Å². The molecule has 0 N–H and O–H groups in total. The third-order valence-corrected chi connectivity index (χ3v) is 2.89. The summed E-state index contributed by atoms with van der Waals surface area (Å²) in [5.74, 6) is -2.35. The first-order valence-electron chi connectivity index (χ1n) is 9.84. The Bertz CT molecular complexity index is 763. The zero-order valence-corrected chi connectivity index (χ0v) is 11.2. The van der Waals surface area contributed by atoms with Gasteiger partial charge in [-0.05, 0) is 36.2 Å². The molecule has 3 atom stereocenters. The summed E-state index contributed by atoms with van der Waals surface area (Å²) in [6.07, 6.45) is -7.67. The van der Waals surface area contributed by atoms with Crippen LogP contribution < -0.4 is 0 Å². The Morgan fingerprint density at radius 1 is 1.60 bits per heavy atom. The van der Waals surface area contributed by atoms with Crippen molar-refractivity contribution >= 4 is 0 Å². The van der Waals surface area contributed by atoms with Crippen LogP contribution in [0.25, 0.3) is 10.4 Å². The molecule has 1 aliphatic carbocycles. The molecule has 2 rings (SSSR count). The van der Waals surface area contributed by atoms with Gasteiger partial charge in [0.25, 0.3) is 0 Å². The molecule has 0 bridgehead atoms. The zero-order chi connectivity index (χ0) is 20.5. The minimum absolute atomic E-state index is 0.0615. The summed E-state index contributed by atoms with van der Waals surface area (Å²) in [4.78, 5) is 2.68. The first kappa shape index (κ1) is 7.87. The van der Waals surface area contributed by atoms with Crippen molar-refractivity contribution in [1.82, 2.24) is 0 Å². The standard InChI is InChI=1S/C16H21N3O/c1-13-7-5-6-10-15(13)20-16(11-12-18-19-17)14-8-3-2-4-9-14/h2-4,6,8-10,13,15-16H,5,7,11-12H2,1H3/t13?,15?,16-/m1/s1/i5D2,6D,7D2,13D,15D. The summed E-state index contributed by atoms with van der Waals surface area (Å²) in [5.41, 5.74) is 9.13. The van der Waals surface area contributed by atoms with Gasteiger partial charge in [-0.1, -0.05) is 54.5 Å². The largest absolute Gasteiger partial charge is 0.366 e. The maximum absolute atomic E-state index is 8.63. The van der Waals surface area contributed by atoms with Crippen molar-refractivity contribution in [1.29, 1.82) is 0 Å². The number of hydrogen-bond acceptors (Lipinski definition) is 2. The summed E-state index contributed by atoms with van der Waals surface area (Å²) in [7, 11) is 0. The fraction of sp³-hybridized carbons (Fsp3) is 0.500. The highest BCUT2D eigenvalue weighted by atomic mass is 16.5. The molecule has 1 aromatic carbocycles. The van der Waals surface area contributed by atoms with Gasteiger partial charge >= 0.3 is 0 Å². The number of ether oxygens (including phenoxy) is 1. The third-order valence-electron chi connectivity index (χ3n) is 2.89. The normalized spacial score (nSPS) is 41.0. The number of hydrogen-bond donors (Lipinski definition) is 0. The predicted octanol–water partition coefficient (Wildman–Crippen LogP) is 4.80. The van der Waals surface area contributed by atoms with Crippen molar-refractivity contribution in [3.05, 3.63) is 58.5 Å². The van der Waals surface area contributed by atoms with Gasteiger partial charge in [0.05, 0.1) is 14.9 Å². The molecular weight excluding hydrogens is 250 g/mol. The molecule has 20 heavy (non-hydrogen) atoms. The summed E-state index contributed by atoms with van der Waals surface area (Å²) >= 11 is 0. The molecule has 1 aromatic rings. The van der Waals surface area contributed by atoms with Crippen molar-refractivity contribution in [3.8, 4) is 0 Å². The van der Waals surface area contributed by atoms with Crippen molar-refractivity contribution in [2.45, 2.75) is 38.3 Å². The molecule has 0 aliphatic heterocycles. The van der Waals surface area contributed by atoms with Crippen LogP contribution in [-0.2, 0) is 4.74 Å². The van der Waals surface area contributed by atoms with Crippen LogP contribution in [0.3, 0.4) is 0 Å². The third kappa shape index (κ3) is 4.12. The number of nitrogens with zero attached hydrogens (tertiary/aromatic N) is 3. The Balaban J connectivity index is 2.48. The Morgan fingerprint density at radius 3 is 3.15 bits per heavy atom. The number of benzene rings is 1. The smallest absolute Gasteiger partial charge is 0.0834 e. The van der Waals surface area contributed by atoms with Gasteiger partial charge in [-0.15, -0.1) is 0 Å². The van der Waals surface area contributed by atoms with Gasteiger partial charge in [-0.25, -0.2) is 0 Å². The highest BCUT2D eigenvalue weighted by Crippen LogP contribution is 2.29. The molecule has 0 saturated heterocycles. The molecule has 0 aromatic heterocycles. The lowest BCUT2D eigenvalue weighted by atomic mass is 9.93. The number of rotatable bonds is 6. The maximum Gasteiger partial charge on any atom is 0.0834 e. The first-order valence-corrected chi connectivity index (χ1v) is 6.34. The number of allylic oxidation sites excluding steroid dienone is 1. The van der Waals surface area contributed by atoms with Crippen LogP contribution in [0.4, 0.5) is 0 Å². The summed E-state index contributed by atoms with van der Waals surface area (Å²) in [6, 6.07) is 8.00. The molecule has 0 amide bonds. The molecule has 4 heteroatoms. The molecule has 0 fully saturated rings. The Labute approximate surface area is 129 Å². The van der Waals surface area contributed by atoms with E-state index in [1.165, 1.54) is 0 Å². The highest BCUT2D eigenvalue weighted by Gasteiger charge is 2.22. The van der Waals surface area contributed by atoms with Crippen LogP contribution in [-0.4, -0.2) is 12.6 Å². The average Bonchev–Trinajstić information content (AvgIpc) is 2.60. The molecule has 0 saturated carbocycles. The molecular formula is C16H21N3O. The fourth-order valence-corrected chi connectivity index (χ4v) is 1.86. The molecule has 2 unspecified atom stereocenters. The van der Waals surface area contributed by atoms with Crippen molar-refractivity contribution in [2.75, 3.05) is 6.54 Å². The van der Waals surface area contributed by atoms with E-state index in [4.69, 9.17) is 19.9 Å². The Kier molecular flexibility index (Phi) is 3.04. The minimum Gasteiger partial charge on any atom is -0.366 e. The van der Waals surface area contributed by atoms with E-state index >= 15 is 0 Å². The molecule has 0 radical (unpaired) electrons. The van der Waals surface area contributed by atoms with E-state index in [1.807, 2.05) is 0 Å². The second kappa shape index (κ2) is 7.73. The highest BCUT2D eigenvalue weighted by molar-refractivity contribution is 5.18. The van der Waals surface area contributed by atoms with Crippen molar-refractivity contribution in [2.24, 2.45) is 11.0 Å². The first-order chi connectivity index (χ1) is 12.4. The van der Waals surface area contributed by atoms with E-state index in [2.05, 4.69) is 10.0 Å². The molecule has 4 nitrogen and oxygen atoms in total. The zero-order valence-electron chi connectivity index (χ0n) is 18.2. The molecule has 106 valence electrons. The van der Waals surface area contributed by atoms with E-state index in [0.29, 0.717) is 5.56 Å². The lowest BCUT2D eigenvalue weighted by molar-refractivity contribution is -0.0213. The summed E-state index contributed by atoms with van der Waals surface area (Å²) in [6.45, 7) is 1.16. The van der Waals surface area contributed by atoms with Gasteiger partial charge in [0.2, 0.25) is 0 Å². The van der Waals surface area contributed by atoms with E-state index in [-0.39, 0.29) is 13.0 Å². The Morgan fingerprint density at radius 2 is 2.40 bits per heavy atom. The van der Waals surface area contributed by atoms with E-state index < -0.39 is 36.9 Å². The van der Waals surface area contributed by atoms with Crippen LogP contribution in [0.2, 0.25) is 0 Å². The molecule has 1 aliphatic rings. The van der Waals surface area contributed by atoms with Crippen LogP contribution in [0.1, 0.15) is 47.4 Å². The van der Waals surface area contributed by atoms with Crippen LogP contribution in [0, 0.1) is 5.89 Å². The van der Waals surface area contributed by atoms with Crippen molar-refractivity contribution < 1.29 is 14.3 Å². The fourth-order valence-electron chi connectivity index (χ4n) is 1.86. The second-order valence-corrected chi connectivity index (χ2v) is 4.29. The van der Waals surface area contributed by atoms with E-state index in [9.17, 15) is 0 Å². The second-order valence-electron chi connectivity index (χ2n) is 4.29. The van der Waals surface area contributed by atoms with E-state index in [0.717, 1.165) is 13.0 Å². The maximum atomic E-state index is 8.63. The van der Waals surface area contributed by atoms with Gasteiger partial charge in [-0.3, -0.25) is 0 Å². The van der Waals surface area contributed by atoms with Gasteiger partial charge < -0.3 is 4.74 Å². The molecule has 0 heterocycles. The minimum atomic E-state index is -2.85. The van der Waals surface area contributed by atoms with Gasteiger partial charge in [0.1, 0.15) is 0 Å². The van der Waals surface area contributed by atoms with Crippen LogP contribution >= 0.6 is 0 Å². The summed E-state index contributed by atoms with van der Waals surface area (Å²) in [5, 5.41) is 3.46. The van der Waals surface area contributed by atoms with Crippen LogP contribution in [0.5, 0.6) is 0 Å². The Hall–Kier alpha value is -1.77. The monoisotopic (exact) mass is 278 g/mol. The molecule has 0 spiro atoms. The van der Waals surface area contributed by atoms with E-state index in [1.54, 1.807) is 30.3 Å². The predicted molar refractivity (Wildman–Crippen MR) is 80.2 cm³/mol. The summed E-state index contributed by atoms with van der Waals surface area (Å²) < 4.78 is 62.7. The number of azide groups is 1. The average molecular weight is 278 g/mol. The lowest BCUT2D eigenvalue weighted by Crippen LogP contribution is -2.24. The topological polar surface area (TPSA) is 58.0 Å². The van der Waals surface area contributed by atoms with Gasteiger partial charge in [0, 0.05) is 18.3 Å². The van der Waals surface area contributed by atoms with Gasteiger partial charge in [0.15, 0.2) is 0 Å². The SMILES string of the molecule is [2H]C1=CC([2H])(O[C@H](CCN=[N+]=[N-])c2ccccc2)C([2H])(C)C([2H])([2H])C1([2H])[2H]. The van der Waals surface area contributed by atoms with Gasteiger partial charge in [-0.2, -0.15) is 0 Å². The lowest BCUT2D eigenvalue weighted by Gasteiger charge is -2.29.